The highest BCUT2D eigenvalue weighted by Crippen LogP contribution is 2.28. The summed E-state index contributed by atoms with van der Waals surface area (Å²) >= 11 is 0. The van der Waals surface area contributed by atoms with Crippen LogP contribution >= 0.6 is 0 Å². The lowest BCUT2D eigenvalue weighted by Crippen LogP contribution is -2.36. The van der Waals surface area contributed by atoms with Crippen LogP contribution in [0.3, 0.4) is 0 Å². The van der Waals surface area contributed by atoms with Crippen molar-refractivity contribution in [3.8, 4) is 0 Å². The SMILES string of the molecule is COC(=O)C(C(=O)OC)[C@H](Nc1nccc(C(OC)OC)n1)c1ccccc1. The van der Waals surface area contributed by atoms with E-state index in [9.17, 15) is 9.59 Å². The van der Waals surface area contributed by atoms with Gasteiger partial charge >= 0.3 is 11.9 Å². The molecule has 0 bridgehead atoms. The third-order valence-corrected chi connectivity index (χ3v) is 4.03. The van der Waals surface area contributed by atoms with Crippen molar-refractivity contribution in [2.45, 2.75) is 12.3 Å². The first-order valence-corrected chi connectivity index (χ1v) is 8.41. The van der Waals surface area contributed by atoms with Crippen LogP contribution in [0.4, 0.5) is 5.95 Å². The van der Waals surface area contributed by atoms with Gasteiger partial charge in [-0.25, -0.2) is 9.97 Å². The van der Waals surface area contributed by atoms with E-state index in [0.29, 0.717) is 11.3 Å². The van der Waals surface area contributed by atoms with Gasteiger partial charge in [-0.2, -0.15) is 0 Å². The van der Waals surface area contributed by atoms with Crippen molar-refractivity contribution in [1.82, 2.24) is 9.97 Å². The largest absolute Gasteiger partial charge is 0.468 e. The van der Waals surface area contributed by atoms with Crippen molar-refractivity contribution in [2.24, 2.45) is 5.92 Å². The summed E-state index contributed by atoms with van der Waals surface area (Å²) < 4.78 is 20.0. The number of carbonyl (C=O) groups excluding carboxylic acids is 2. The van der Waals surface area contributed by atoms with E-state index >= 15 is 0 Å². The molecular formula is C19H23N3O6. The smallest absolute Gasteiger partial charge is 0.322 e. The Hall–Kier alpha value is -3.04. The Kier molecular flexibility index (Phi) is 7.85. The number of methoxy groups -OCH3 is 4. The maximum Gasteiger partial charge on any atom is 0.322 e. The van der Waals surface area contributed by atoms with Gasteiger partial charge < -0.3 is 24.3 Å². The number of aromatic nitrogens is 2. The van der Waals surface area contributed by atoms with Gasteiger partial charge in [0.15, 0.2) is 5.92 Å². The Labute approximate surface area is 163 Å². The zero-order valence-electron chi connectivity index (χ0n) is 16.1. The predicted molar refractivity (Wildman–Crippen MR) is 99.1 cm³/mol. The fourth-order valence-corrected chi connectivity index (χ4v) is 2.69. The fourth-order valence-electron chi connectivity index (χ4n) is 2.69. The van der Waals surface area contributed by atoms with E-state index in [2.05, 4.69) is 15.3 Å². The maximum absolute atomic E-state index is 12.3. The Morgan fingerprint density at radius 3 is 2.07 bits per heavy atom. The number of hydrogen-bond acceptors (Lipinski definition) is 9. The second-order valence-electron chi connectivity index (χ2n) is 5.67. The van der Waals surface area contributed by atoms with Gasteiger partial charge in [0.1, 0.15) is 5.69 Å². The van der Waals surface area contributed by atoms with E-state index < -0.39 is 30.2 Å². The zero-order chi connectivity index (χ0) is 20.5. The van der Waals surface area contributed by atoms with E-state index in [0.717, 1.165) is 0 Å². The van der Waals surface area contributed by atoms with Gasteiger partial charge in [-0.1, -0.05) is 30.3 Å². The highest BCUT2D eigenvalue weighted by Gasteiger charge is 2.38. The maximum atomic E-state index is 12.3. The lowest BCUT2D eigenvalue weighted by molar-refractivity contribution is -0.159. The van der Waals surface area contributed by atoms with Gasteiger partial charge in [0.05, 0.1) is 20.3 Å². The molecule has 1 atom stereocenters. The number of nitrogens with one attached hydrogen (secondary N) is 1. The Morgan fingerprint density at radius 1 is 0.929 bits per heavy atom. The van der Waals surface area contributed by atoms with Crippen LogP contribution in [0, 0.1) is 5.92 Å². The minimum atomic E-state index is -1.26. The summed E-state index contributed by atoms with van der Waals surface area (Å²) in [5.74, 6) is -2.56. The molecule has 1 aromatic carbocycles. The molecule has 9 heteroatoms. The van der Waals surface area contributed by atoms with E-state index in [1.807, 2.05) is 6.07 Å². The van der Waals surface area contributed by atoms with E-state index in [-0.39, 0.29) is 5.95 Å². The third-order valence-electron chi connectivity index (χ3n) is 4.03. The first-order valence-electron chi connectivity index (χ1n) is 8.41. The van der Waals surface area contributed by atoms with Crippen LogP contribution in [0.25, 0.3) is 0 Å². The molecule has 1 heterocycles. The van der Waals surface area contributed by atoms with Gasteiger partial charge in [-0.3, -0.25) is 9.59 Å². The topological polar surface area (TPSA) is 109 Å². The normalized spacial score (nSPS) is 11.9. The quantitative estimate of drug-likeness (QED) is 0.390. The van der Waals surface area contributed by atoms with Gasteiger partial charge in [0.25, 0.3) is 0 Å². The second-order valence-corrected chi connectivity index (χ2v) is 5.67. The minimum absolute atomic E-state index is 0.184. The van der Waals surface area contributed by atoms with Gasteiger partial charge in [-0.15, -0.1) is 0 Å². The number of nitrogens with zero attached hydrogens (tertiary/aromatic N) is 2. The van der Waals surface area contributed by atoms with Crippen LogP contribution in [-0.4, -0.2) is 50.3 Å². The highest BCUT2D eigenvalue weighted by atomic mass is 16.7. The summed E-state index contributed by atoms with van der Waals surface area (Å²) in [7, 11) is 5.39. The summed E-state index contributed by atoms with van der Waals surface area (Å²) in [5, 5.41) is 3.03. The number of rotatable bonds is 9. The summed E-state index contributed by atoms with van der Waals surface area (Å²) in [6.45, 7) is 0. The molecule has 1 aromatic heterocycles. The standard InChI is InChI=1S/C19H23N3O6/c1-25-16(23)14(17(24)26-2)15(12-8-6-5-7-9-12)22-19-20-11-10-13(21-19)18(27-3)28-4/h5-11,14-15,18H,1-4H3,(H,20,21,22)/t15-/m1/s1. The molecule has 0 saturated carbocycles. The molecule has 0 saturated heterocycles. The summed E-state index contributed by atoms with van der Waals surface area (Å²) in [5.41, 5.74) is 1.13. The van der Waals surface area contributed by atoms with Crippen LogP contribution in [0.5, 0.6) is 0 Å². The van der Waals surface area contributed by atoms with E-state index in [1.54, 1.807) is 30.3 Å². The van der Waals surface area contributed by atoms with Crippen LogP contribution in [-0.2, 0) is 28.5 Å². The fraction of sp³-hybridized carbons (Fsp3) is 0.368. The molecule has 150 valence electrons. The van der Waals surface area contributed by atoms with Crippen LogP contribution in [0.1, 0.15) is 23.6 Å². The molecule has 0 aliphatic carbocycles. The monoisotopic (exact) mass is 389 g/mol. The summed E-state index contributed by atoms with van der Waals surface area (Å²) in [4.78, 5) is 33.2. The number of benzene rings is 1. The Bertz CT molecular complexity index is 766. The molecule has 9 nitrogen and oxygen atoms in total. The molecule has 0 unspecified atom stereocenters. The average molecular weight is 389 g/mol. The molecule has 0 spiro atoms. The van der Waals surface area contributed by atoms with Gasteiger partial charge in [0.2, 0.25) is 12.2 Å². The number of esters is 2. The number of anilines is 1. The molecule has 0 radical (unpaired) electrons. The van der Waals surface area contributed by atoms with Crippen LogP contribution < -0.4 is 5.32 Å². The third kappa shape index (κ3) is 5.02. The molecule has 2 aromatic rings. The van der Waals surface area contributed by atoms with Crippen LogP contribution in [0.2, 0.25) is 0 Å². The lowest BCUT2D eigenvalue weighted by atomic mass is 9.93. The van der Waals surface area contributed by atoms with Crippen molar-refractivity contribution >= 4 is 17.9 Å². The molecule has 2 rings (SSSR count). The van der Waals surface area contributed by atoms with Crippen molar-refractivity contribution in [2.75, 3.05) is 33.8 Å². The lowest BCUT2D eigenvalue weighted by Gasteiger charge is -2.25. The predicted octanol–water partition coefficient (Wildman–Crippen LogP) is 1.88. The first kappa shape index (κ1) is 21.3. The summed E-state index contributed by atoms with van der Waals surface area (Å²) in [6.07, 6.45) is 0.832. The minimum Gasteiger partial charge on any atom is -0.468 e. The first-order chi connectivity index (χ1) is 13.5. The Morgan fingerprint density at radius 2 is 1.54 bits per heavy atom. The molecule has 1 N–H and O–H groups in total. The molecule has 0 aliphatic rings. The van der Waals surface area contributed by atoms with Crippen molar-refractivity contribution in [3.63, 3.8) is 0 Å². The van der Waals surface area contributed by atoms with Crippen molar-refractivity contribution in [1.29, 1.82) is 0 Å². The van der Waals surface area contributed by atoms with Crippen LogP contribution in [0.15, 0.2) is 42.6 Å². The number of ether oxygens (including phenoxy) is 4. The zero-order valence-corrected chi connectivity index (χ0v) is 16.1. The number of hydrogen-bond donors (Lipinski definition) is 1. The molecule has 28 heavy (non-hydrogen) atoms. The summed E-state index contributed by atoms with van der Waals surface area (Å²) in [6, 6.07) is 9.77. The van der Waals surface area contributed by atoms with Gasteiger partial charge in [0, 0.05) is 20.4 Å². The van der Waals surface area contributed by atoms with E-state index in [4.69, 9.17) is 18.9 Å². The molecule has 0 amide bonds. The molecular weight excluding hydrogens is 366 g/mol. The highest BCUT2D eigenvalue weighted by molar-refractivity contribution is 5.96. The molecule has 0 fully saturated rings. The van der Waals surface area contributed by atoms with Crippen molar-refractivity contribution in [3.05, 3.63) is 53.9 Å². The van der Waals surface area contributed by atoms with E-state index in [1.165, 1.54) is 34.6 Å². The molecule has 0 aliphatic heterocycles. The number of carbonyl (C=O) groups is 2. The second kappa shape index (κ2) is 10.3. The average Bonchev–Trinajstić information content (AvgIpc) is 2.74. The van der Waals surface area contributed by atoms with Gasteiger partial charge in [-0.05, 0) is 11.6 Å². The Balaban J connectivity index is 2.44. The van der Waals surface area contributed by atoms with Crippen molar-refractivity contribution < 1.29 is 28.5 Å².